The zero-order valence-corrected chi connectivity index (χ0v) is 12.3. The summed E-state index contributed by atoms with van der Waals surface area (Å²) >= 11 is 7.25. The molecular weight excluding hydrogens is 278 g/mol. The van der Waals surface area contributed by atoms with E-state index in [9.17, 15) is 9.00 Å². The van der Waals surface area contributed by atoms with Gasteiger partial charge in [0, 0.05) is 41.9 Å². The molecule has 0 spiro atoms. The van der Waals surface area contributed by atoms with E-state index in [0.29, 0.717) is 24.3 Å². The Labute approximate surface area is 113 Å². The quantitative estimate of drug-likeness (QED) is 0.808. The normalized spacial score (nSPS) is 12.4. The summed E-state index contributed by atoms with van der Waals surface area (Å²) in [4.78, 5) is 13.9. The molecule has 3 nitrogen and oxygen atoms in total. The first kappa shape index (κ1) is 14.7. The third-order valence-electron chi connectivity index (χ3n) is 2.19. The maximum atomic E-state index is 11.7. The van der Waals surface area contributed by atoms with Crippen molar-refractivity contribution < 1.29 is 9.00 Å². The molecule has 1 aromatic rings. The topological polar surface area (TPSA) is 37.4 Å². The monoisotopic (exact) mass is 293 g/mol. The summed E-state index contributed by atoms with van der Waals surface area (Å²) in [6, 6.07) is 3.71. The second-order valence-electron chi connectivity index (χ2n) is 3.89. The first-order chi connectivity index (χ1) is 7.99. The molecule has 0 aliphatic heterocycles. The fourth-order valence-corrected chi connectivity index (χ4v) is 3.81. The number of amides is 1. The van der Waals surface area contributed by atoms with Gasteiger partial charge >= 0.3 is 0 Å². The molecule has 17 heavy (non-hydrogen) atoms. The average Bonchev–Trinajstić information content (AvgIpc) is 2.63. The molecule has 0 N–H and O–H groups in total. The fourth-order valence-electron chi connectivity index (χ4n) is 1.27. The Balaban J connectivity index is 2.24. The summed E-state index contributed by atoms with van der Waals surface area (Å²) in [6.45, 7) is 0. The van der Waals surface area contributed by atoms with Crippen molar-refractivity contribution in [2.45, 2.75) is 18.6 Å². The number of halogens is 1. The van der Waals surface area contributed by atoms with Crippen LogP contribution >= 0.6 is 22.9 Å². The first-order valence-corrected chi connectivity index (χ1v) is 7.96. The lowest BCUT2D eigenvalue weighted by molar-refractivity contribution is -0.128. The number of carbonyl (C=O) groups excluding carboxylic acids is 1. The molecule has 0 aliphatic carbocycles. The third-order valence-corrected chi connectivity index (χ3v) is 4.98. The van der Waals surface area contributed by atoms with Crippen molar-refractivity contribution in [1.82, 2.24) is 4.90 Å². The smallest absolute Gasteiger partial charge is 0.222 e. The van der Waals surface area contributed by atoms with E-state index < -0.39 is 10.8 Å². The van der Waals surface area contributed by atoms with Crippen LogP contribution in [0.5, 0.6) is 0 Å². The van der Waals surface area contributed by atoms with Crippen molar-refractivity contribution in [1.29, 1.82) is 0 Å². The summed E-state index contributed by atoms with van der Waals surface area (Å²) in [7, 11) is 2.55. The van der Waals surface area contributed by atoms with E-state index in [4.69, 9.17) is 11.6 Å². The number of thiophene rings is 1. The van der Waals surface area contributed by atoms with Gasteiger partial charge in [-0.1, -0.05) is 11.6 Å². The van der Waals surface area contributed by atoms with Gasteiger partial charge < -0.3 is 4.90 Å². The van der Waals surface area contributed by atoms with Crippen LogP contribution in [-0.2, 0) is 21.3 Å². The molecular formula is C11H16ClNO2S2. The van der Waals surface area contributed by atoms with Gasteiger partial charge in [-0.25, -0.2) is 0 Å². The van der Waals surface area contributed by atoms with E-state index in [1.807, 2.05) is 12.1 Å². The van der Waals surface area contributed by atoms with E-state index in [1.165, 1.54) is 11.3 Å². The summed E-state index contributed by atoms with van der Waals surface area (Å²) in [5, 5.41) is 0. The Kier molecular flexibility index (Phi) is 6.16. The van der Waals surface area contributed by atoms with Crippen LogP contribution in [0.4, 0.5) is 0 Å². The van der Waals surface area contributed by atoms with Gasteiger partial charge in [0.2, 0.25) is 5.91 Å². The van der Waals surface area contributed by atoms with Crippen LogP contribution in [-0.4, -0.2) is 34.9 Å². The van der Waals surface area contributed by atoms with Gasteiger partial charge in [0.05, 0.1) is 10.1 Å². The first-order valence-electron chi connectivity index (χ1n) is 5.28. The van der Waals surface area contributed by atoms with Crippen molar-refractivity contribution >= 4 is 39.6 Å². The molecule has 0 saturated heterocycles. The summed E-state index contributed by atoms with van der Waals surface area (Å²) in [5.41, 5.74) is 0. The van der Waals surface area contributed by atoms with Gasteiger partial charge in [-0.05, 0) is 18.6 Å². The lowest BCUT2D eigenvalue weighted by Gasteiger charge is -2.09. The highest BCUT2D eigenvalue weighted by Crippen LogP contribution is 2.22. The summed E-state index contributed by atoms with van der Waals surface area (Å²) in [5.74, 6) is 1.18. The van der Waals surface area contributed by atoms with Gasteiger partial charge in [-0.2, -0.15) is 0 Å². The van der Waals surface area contributed by atoms with Crippen molar-refractivity contribution in [2.24, 2.45) is 0 Å². The third kappa shape index (κ3) is 5.66. The van der Waals surface area contributed by atoms with Gasteiger partial charge in [0.25, 0.3) is 0 Å². The Hall–Kier alpha value is -0.390. The van der Waals surface area contributed by atoms with E-state index in [2.05, 4.69) is 0 Å². The Bertz CT molecular complexity index is 404. The Morgan fingerprint density at radius 2 is 2.18 bits per heavy atom. The molecule has 6 heteroatoms. The van der Waals surface area contributed by atoms with E-state index >= 15 is 0 Å². The molecule has 0 fully saturated rings. The molecule has 96 valence electrons. The minimum atomic E-state index is -0.906. The van der Waals surface area contributed by atoms with Crippen LogP contribution in [0.15, 0.2) is 12.1 Å². The summed E-state index contributed by atoms with van der Waals surface area (Å²) < 4.78 is 12.4. The molecule has 0 bridgehead atoms. The largest absolute Gasteiger partial charge is 0.349 e. The SMILES string of the molecule is CN(C)C(=O)CCC[S@](=O)Cc1ccc(Cl)s1. The van der Waals surface area contributed by atoms with Crippen LogP contribution < -0.4 is 0 Å². The van der Waals surface area contributed by atoms with Gasteiger partial charge in [0.15, 0.2) is 0 Å². The molecule has 1 atom stereocenters. The molecule has 0 aromatic carbocycles. The van der Waals surface area contributed by atoms with Gasteiger partial charge in [0.1, 0.15) is 0 Å². The van der Waals surface area contributed by atoms with Crippen molar-refractivity contribution in [3.63, 3.8) is 0 Å². The second-order valence-corrected chi connectivity index (χ2v) is 7.26. The van der Waals surface area contributed by atoms with Crippen molar-refractivity contribution in [3.8, 4) is 0 Å². The minimum absolute atomic E-state index is 0.0844. The molecule has 1 aromatic heterocycles. The van der Waals surface area contributed by atoms with E-state index in [1.54, 1.807) is 19.0 Å². The summed E-state index contributed by atoms with van der Waals surface area (Å²) in [6.07, 6.45) is 1.13. The zero-order chi connectivity index (χ0) is 12.8. The second kappa shape index (κ2) is 7.13. The maximum Gasteiger partial charge on any atom is 0.222 e. The highest BCUT2D eigenvalue weighted by molar-refractivity contribution is 7.84. The molecule has 0 saturated carbocycles. The Morgan fingerprint density at radius 1 is 1.47 bits per heavy atom. The zero-order valence-electron chi connectivity index (χ0n) is 9.94. The predicted molar refractivity (Wildman–Crippen MR) is 74.0 cm³/mol. The highest BCUT2D eigenvalue weighted by Gasteiger charge is 2.07. The van der Waals surface area contributed by atoms with E-state index in [0.717, 1.165) is 9.21 Å². The van der Waals surface area contributed by atoms with Gasteiger partial charge in [-0.3, -0.25) is 9.00 Å². The molecule has 1 amide bonds. The number of nitrogens with zero attached hydrogens (tertiary/aromatic N) is 1. The molecule has 1 rings (SSSR count). The molecule has 1 heterocycles. The highest BCUT2D eigenvalue weighted by atomic mass is 35.5. The number of carbonyl (C=O) groups is 1. The minimum Gasteiger partial charge on any atom is -0.349 e. The van der Waals surface area contributed by atoms with Crippen LogP contribution in [0.1, 0.15) is 17.7 Å². The predicted octanol–water partition coefficient (Wildman–Crippen LogP) is 2.52. The number of hydrogen-bond donors (Lipinski definition) is 0. The maximum absolute atomic E-state index is 11.7. The van der Waals surface area contributed by atoms with Crippen LogP contribution in [0.2, 0.25) is 4.34 Å². The average molecular weight is 294 g/mol. The standard InChI is InChI=1S/C11H16ClNO2S2/c1-13(2)11(14)4-3-7-17(15)8-9-5-6-10(12)16-9/h5-6H,3-4,7-8H2,1-2H3/t17-/m0/s1. The van der Waals surface area contributed by atoms with Gasteiger partial charge in [-0.15, -0.1) is 11.3 Å². The molecule has 0 unspecified atom stereocenters. The molecule has 0 aliphatic rings. The van der Waals surface area contributed by atoms with Crippen LogP contribution in [0.3, 0.4) is 0 Å². The number of hydrogen-bond acceptors (Lipinski definition) is 3. The van der Waals surface area contributed by atoms with Crippen molar-refractivity contribution in [3.05, 3.63) is 21.3 Å². The fraction of sp³-hybridized carbons (Fsp3) is 0.545. The Morgan fingerprint density at radius 3 is 2.71 bits per heavy atom. The van der Waals surface area contributed by atoms with Crippen LogP contribution in [0, 0.1) is 0 Å². The van der Waals surface area contributed by atoms with E-state index in [-0.39, 0.29) is 5.91 Å². The molecule has 0 radical (unpaired) electrons. The lowest BCUT2D eigenvalue weighted by Crippen LogP contribution is -2.21. The van der Waals surface area contributed by atoms with Crippen molar-refractivity contribution in [2.75, 3.05) is 19.8 Å². The van der Waals surface area contributed by atoms with Crippen LogP contribution in [0.25, 0.3) is 0 Å². The number of rotatable bonds is 6. The lowest BCUT2D eigenvalue weighted by atomic mass is 10.3.